The van der Waals surface area contributed by atoms with Crippen LogP contribution in [0.2, 0.25) is 0 Å². The molecule has 2 heteroatoms. The van der Waals surface area contributed by atoms with Gasteiger partial charge in [0.15, 0.2) is 0 Å². The third kappa shape index (κ3) is 1.42. The molecule has 0 aromatic heterocycles. The maximum atomic E-state index is 12.5. The minimum absolute atomic E-state index is 0.223. The second kappa shape index (κ2) is 2.83. The lowest BCUT2D eigenvalue weighted by atomic mass is 10.2. The predicted octanol–water partition coefficient (Wildman–Crippen LogP) is 2.36. The summed E-state index contributed by atoms with van der Waals surface area (Å²) >= 11 is 5.38. The Hall–Kier alpha value is -0.560. The van der Waals surface area contributed by atoms with Gasteiger partial charge in [0.05, 0.1) is 5.88 Å². The highest BCUT2D eigenvalue weighted by atomic mass is 35.5. The van der Waals surface area contributed by atoms with Gasteiger partial charge in [-0.3, -0.25) is 0 Å². The van der Waals surface area contributed by atoms with Crippen LogP contribution in [0.25, 0.3) is 0 Å². The zero-order chi connectivity index (χ0) is 6.69. The average Bonchev–Trinajstić information content (AvgIpc) is 1.89. The van der Waals surface area contributed by atoms with E-state index in [0.717, 1.165) is 0 Å². The minimum atomic E-state index is -0.285. The highest BCUT2D eigenvalue weighted by Gasteiger charge is 1.95. The molecule has 0 N–H and O–H groups in total. The van der Waals surface area contributed by atoms with Crippen molar-refractivity contribution in [3.05, 3.63) is 35.6 Å². The van der Waals surface area contributed by atoms with Gasteiger partial charge in [0.1, 0.15) is 5.82 Å². The van der Waals surface area contributed by atoms with Gasteiger partial charge in [-0.25, -0.2) is 4.39 Å². The number of hydrogen-bond donors (Lipinski definition) is 0. The predicted molar refractivity (Wildman–Crippen MR) is 34.8 cm³/mol. The summed E-state index contributed by atoms with van der Waals surface area (Å²) in [6.07, 6.45) is 0. The van der Waals surface area contributed by atoms with Crippen LogP contribution in [0.5, 0.6) is 0 Å². The van der Waals surface area contributed by atoms with Crippen LogP contribution in [-0.2, 0) is 5.88 Å². The smallest absolute Gasteiger partial charge is 0.128 e. The van der Waals surface area contributed by atoms with Crippen molar-refractivity contribution in [1.29, 1.82) is 0 Å². The van der Waals surface area contributed by atoms with Gasteiger partial charge in [0.2, 0.25) is 0 Å². The van der Waals surface area contributed by atoms with Crippen molar-refractivity contribution >= 4 is 11.6 Å². The standard InChI is InChI=1S/C7H5ClF/c8-5-6-3-1-2-4-7(6)9/h1,3-4H,5H2. The monoisotopic (exact) mass is 143 g/mol. The number of alkyl halides is 1. The summed E-state index contributed by atoms with van der Waals surface area (Å²) in [5, 5.41) is 0. The molecule has 0 saturated heterocycles. The molecule has 1 aromatic carbocycles. The van der Waals surface area contributed by atoms with Gasteiger partial charge in [-0.15, -0.1) is 11.6 Å². The topological polar surface area (TPSA) is 0 Å². The molecule has 0 spiro atoms. The Morgan fingerprint density at radius 1 is 1.67 bits per heavy atom. The lowest BCUT2D eigenvalue weighted by Gasteiger charge is -1.93. The van der Waals surface area contributed by atoms with Crippen molar-refractivity contribution in [1.82, 2.24) is 0 Å². The summed E-state index contributed by atoms with van der Waals surface area (Å²) in [6.45, 7) is 0. The molecular formula is C7H5ClF. The molecule has 0 aliphatic heterocycles. The highest BCUT2D eigenvalue weighted by Crippen LogP contribution is 2.07. The van der Waals surface area contributed by atoms with Crippen LogP contribution in [0.1, 0.15) is 5.56 Å². The molecule has 0 saturated carbocycles. The SMILES string of the molecule is Fc1c[c]ccc1CCl. The molecule has 0 fully saturated rings. The quantitative estimate of drug-likeness (QED) is 0.530. The van der Waals surface area contributed by atoms with Crippen molar-refractivity contribution in [2.45, 2.75) is 5.88 Å². The molecule has 0 nitrogen and oxygen atoms in total. The Kier molecular flexibility index (Phi) is 2.06. The van der Waals surface area contributed by atoms with Crippen LogP contribution in [0, 0.1) is 11.9 Å². The first-order chi connectivity index (χ1) is 4.34. The Morgan fingerprint density at radius 2 is 2.44 bits per heavy atom. The van der Waals surface area contributed by atoms with E-state index in [1.807, 2.05) is 0 Å². The number of hydrogen-bond acceptors (Lipinski definition) is 0. The fraction of sp³-hybridized carbons (Fsp3) is 0.143. The third-order valence-electron chi connectivity index (χ3n) is 1.04. The lowest BCUT2D eigenvalue weighted by molar-refractivity contribution is 0.616. The summed E-state index contributed by atoms with van der Waals surface area (Å²) in [4.78, 5) is 0. The molecule has 47 valence electrons. The molecule has 0 aliphatic carbocycles. The summed E-state index contributed by atoms with van der Waals surface area (Å²) in [7, 11) is 0. The normalized spacial score (nSPS) is 9.56. The molecule has 9 heavy (non-hydrogen) atoms. The van der Waals surface area contributed by atoms with E-state index in [1.165, 1.54) is 6.07 Å². The van der Waals surface area contributed by atoms with Crippen LogP contribution < -0.4 is 0 Å². The first-order valence-corrected chi connectivity index (χ1v) is 3.08. The average molecular weight is 144 g/mol. The maximum Gasteiger partial charge on any atom is 0.128 e. The Labute approximate surface area is 58.3 Å². The fourth-order valence-electron chi connectivity index (χ4n) is 0.551. The highest BCUT2D eigenvalue weighted by molar-refractivity contribution is 6.17. The summed E-state index contributed by atoms with van der Waals surface area (Å²) in [5.41, 5.74) is 0.524. The van der Waals surface area contributed by atoms with Gasteiger partial charge < -0.3 is 0 Å². The zero-order valence-electron chi connectivity index (χ0n) is 4.70. The van der Waals surface area contributed by atoms with Crippen molar-refractivity contribution in [2.75, 3.05) is 0 Å². The Morgan fingerprint density at radius 3 is 2.89 bits per heavy atom. The molecule has 0 amide bonds. The van der Waals surface area contributed by atoms with Crippen LogP contribution >= 0.6 is 11.6 Å². The van der Waals surface area contributed by atoms with Crippen molar-refractivity contribution in [3.63, 3.8) is 0 Å². The van der Waals surface area contributed by atoms with E-state index >= 15 is 0 Å². The molecule has 1 rings (SSSR count). The van der Waals surface area contributed by atoms with Crippen LogP contribution in [0.15, 0.2) is 18.2 Å². The van der Waals surface area contributed by atoms with E-state index in [4.69, 9.17) is 11.6 Å². The maximum absolute atomic E-state index is 12.5. The van der Waals surface area contributed by atoms with Crippen LogP contribution in [-0.4, -0.2) is 0 Å². The fourth-order valence-corrected chi connectivity index (χ4v) is 0.767. The van der Waals surface area contributed by atoms with E-state index in [2.05, 4.69) is 6.07 Å². The molecule has 0 bridgehead atoms. The first kappa shape index (κ1) is 6.56. The van der Waals surface area contributed by atoms with Crippen molar-refractivity contribution in [3.8, 4) is 0 Å². The molecule has 0 atom stereocenters. The van der Waals surface area contributed by atoms with E-state index in [-0.39, 0.29) is 11.7 Å². The van der Waals surface area contributed by atoms with E-state index in [1.54, 1.807) is 12.1 Å². The summed E-state index contributed by atoms with van der Waals surface area (Å²) < 4.78 is 12.5. The molecule has 1 aromatic rings. The first-order valence-electron chi connectivity index (χ1n) is 2.55. The largest absolute Gasteiger partial charge is 0.207 e. The molecular weight excluding hydrogens is 139 g/mol. The number of halogens is 2. The lowest BCUT2D eigenvalue weighted by Crippen LogP contribution is -1.82. The molecule has 0 heterocycles. The van der Waals surface area contributed by atoms with Crippen molar-refractivity contribution < 1.29 is 4.39 Å². The molecule has 0 aliphatic rings. The van der Waals surface area contributed by atoms with Gasteiger partial charge in [0, 0.05) is 5.56 Å². The zero-order valence-corrected chi connectivity index (χ0v) is 5.45. The molecule has 0 unspecified atom stereocenters. The van der Waals surface area contributed by atoms with Crippen molar-refractivity contribution in [2.24, 2.45) is 0 Å². The summed E-state index contributed by atoms with van der Waals surface area (Å²) in [6, 6.07) is 7.13. The number of rotatable bonds is 1. The van der Waals surface area contributed by atoms with E-state index < -0.39 is 0 Å². The van der Waals surface area contributed by atoms with Gasteiger partial charge in [0.25, 0.3) is 0 Å². The minimum Gasteiger partial charge on any atom is -0.207 e. The second-order valence-electron chi connectivity index (χ2n) is 1.65. The Balaban J connectivity index is 3.01. The van der Waals surface area contributed by atoms with Crippen LogP contribution in [0.4, 0.5) is 4.39 Å². The van der Waals surface area contributed by atoms with Gasteiger partial charge >= 0.3 is 0 Å². The number of benzene rings is 1. The van der Waals surface area contributed by atoms with E-state index in [9.17, 15) is 4.39 Å². The van der Waals surface area contributed by atoms with Gasteiger partial charge in [-0.1, -0.05) is 12.1 Å². The van der Waals surface area contributed by atoms with Gasteiger partial charge in [-0.2, -0.15) is 0 Å². The van der Waals surface area contributed by atoms with E-state index in [0.29, 0.717) is 5.56 Å². The molecule has 1 radical (unpaired) electrons. The summed E-state index contributed by atoms with van der Waals surface area (Å²) in [5.74, 6) is -0.0620. The van der Waals surface area contributed by atoms with Crippen LogP contribution in [0.3, 0.4) is 0 Å². The Bertz CT molecular complexity index is 198. The van der Waals surface area contributed by atoms with Gasteiger partial charge in [-0.05, 0) is 12.1 Å². The third-order valence-corrected chi connectivity index (χ3v) is 1.33. The second-order valence-corrected chi connectivity index (χ2v) is 1.92.